The van der Waals surface area contributed by atoms with E-state index in [0.29, 0.717) is 29.4 Å². The summed E-state index contributed by atoms with van der Waals surface area (Å²) in [6.45, 7) is 5.64. The monoisotopic (exact) mass is 387 g/mol. The standard InChI is InChI=1S/C20H22ClN3O3/c1-4-27-20(26)14-5-7-18-16(10-14)17(9-12(2)24(18)13(3)25)23-19-8-6-15(21)11-22-19/h5-8,10-12,17H,4,9H2,1-3H3,(H,22,23)/t12-,17+/m0/s1. The zero-order valence-corrected chi connectivity index (χ0v) is 16.3. The maximum Gasteiger partial charge on any atom is 0.338 e. The van der Waals surface area contributed by atoms with Gasteiger partial charge in [-0.1, -0.05) is 11.6 Å². The van der Waals surface area contributed by atoms with Crippen molar-refractivity contribution in [3.63, 3.8) is 0 Å². The van der Waals surface area contributed by atoms with Crippen molar-refractivity contribution in [2.45, 2.75) is 39.3 Å². The molecule has 0 saturated carbocycles. The molecule has 1 amide bonds. The third-order valence-electron chi connectivity index (χ3n) is 4.58. The van der Waals surface area contributed by atoms with Crippen LogP contribution in [0.2, 0.25) is 5.02 Å². The molecule has 0 bridgehead atoms. The van der Waals surface area contributed by atoms with E-state index >= 15 is 0 Å². The number of nitrogens with zero attached hydrogens (tertiary/aromatic N) is 2. The number of aromatic nitrogens is 1. The van der Waals surface area contributed by atoms with Gasteiger partial charge in [-0.2, -0.15) is 0 Å². The molecule has 6 nitrogen and oxygen atoms in total. The third kappa shape index (κ3) is 4.06. The summed E-state index contributed by atoms with van der Waals surface area (Å²) >= 11 is 5.91. The van der Waals surface area contributed by atoms with Gasteiger partial charge in [-0.3, -0.25) is 4.79 Å². The van der Waals surface area contributed by atoms with Crippen molar-refractivity contribution in [1.82, 2.24) is 4.98 Å². The van der Waals surface area contributed by atoms with Crippen LogP contribution in [0.3, 0.4) is 0 Å². The van der Waals surface area contributed by atoms with Gasteiger partial charge in [0.15, 0.2) is 0 Å². The largest absolute Gasteiger partial charge is 0.462 e. The average Bonchev–Trinajstić information content (AvgIpc) is 2.63. The first-order valence-electron chi connectivity index (χ1n) is 8.89. The fourth-order valence-corrected chi connectivity index (χ4v) is 3.57. The van der Waals surface area contributed by atoms with E-state index in [4.69, 9.17) is 16.3 Å². The summed E-state index contributed by atoms with van der Waals surface area (Å²) in [5, 5.41) is 3.95. The highest BCUT2D eigenvalue weighted by atomic mass is 35.5. The quantitative estimate of drug-likeness (QED) is 0.795. The van der Waals surface area contributed by atoms with Crippen LogP contribution in [0, 0.1) is 0 Å². The number of amides is 1. The molecule has 0 radical (unpaired) electrons. The summed E-state index contributed by atoms with van der Waals surface area (Å²) in [7, 11) is 0. The first kappa shape index (κ1) is 19.2. The fraction of sp³-hybridized carbons (Fsp3) is 0.350. The second-order valence-electron chi connectivity index (χ2n) is 6.53. The summed E-state index contributed by atoms with van der Waals surface area (Å²) < 4.78 is 5.11. The number of ether oxygens (including phenoxy) is 1. The van der Waals surface area contributed by atoms with Crippen molar-refractivity contribution in [3.05, 3.63) is 52.7 Å². The molecule has 0 aliphatic carbocycles. The van der Waals surface area contributed by atoms with Gasteiger partial charge in [-0.15, -0.1) is 0 Å². The Kier molecular flexibility index (Phi) is 5.65. The normalized spacial score (nSPS) is 18.6. The summed E-state index contributed by atoms with van der Waals surface area (Å²) in [5.41, 5.74) is 2.12. The average molecular weight is 388 g/mol. The SMILES string of the molecule is CCOC(=O)c1ccc2c(c1)[C@H](Nc1ccc(Cl)cn1)C[C@H](C)N2C(C)=O. The Hall–Kier alpha value is -2.60. The lowest BCUT2D eigenvalue weighted by atomic mass is 9.90. The predicted molar refractivity (Wildman–Crippen MR) is 105 cm³/mol. The first-order chi connectivity index (χ1) is 12.9. The molecule has 27 heavy (non-hydrogen) atoms. The van der Waals surface area contributed by atoms with E-state index in [1.165, 1.54) is 0 Å². The molecule has 1 N–H and O–H groups in total. The lowest BCUT2D eigenvalue weighted by Gasteiger charge is -2.39. The zero-order valence-electron chi connectivity index (χ0n) is 15.5. The Labute approximate surface area is 163 Å². The Morgan fingerprint density at radius 3 is 2.74 bits per heavy atom. The number of hydrogen-bond acceptors (Lipinski definition) is 5. The van der Waals surface area contributed by atoms with E-state index in [-0.39, 0.29) is 24.0 Å². The van der Waals surface area contributed by atoms with Crippen molar-refractivity contribution in [3.8, 4) is 0 Å². The second kappa shape index (κ2) is 7.96. The number of carbonyl (C=O) groups is 2. The van der Waals surface area contributed by atoms with Crippen molar-refractivity contribution in [2.75, 3.05) is 16.8 Å². The van der Waals surface area contributed by atoms with Crippen LogP contribution in [0.25, 0.3) is 0 Å². The smallest absolute Gasteiger partial charge is 0.338 e. The maximum atomic E-state index is 12.2. The molecule has 7 heteroatoms. The molecule has 2 atom stereocenters. The Balaban J connectivity index is 2.01. The molecule has 3 rings (SSSR count). The van der Waals surface area contributed by atoms with Gasteiger partial charge >= 0.3 is 5.97 Å². The van der Waals surface area contributed by atoms with Gasteiger partial charge in [0.2, 0.25) is 5.91 Å². The Morgan fingerprint density at radius 1 is 1.33 bits per heavy atom. The van der Waals surface area contributed by atoms with Gasteiger partial charge in [-0.25, -0.2) is 9.78 Å². The number of pyridine rings is 1. The van der Waals surface area contributed by atoms with Crippen LogP contribution in [0.5, 0.6) is 0 Å². The Morgan fingerprint density at radius 2 is 2.11 bits per heavy atom. The maximum absolute atomic E-state index is 12.2. The summed E-state index contributed by atoms with van der Waals surface area (Å²) in [4.78, 5) is 30.4. The molecular weight excluding hydrogens is 366 g/mol. The number of esters is 1. The molecule has 0 unspecified atom stereocenters. The molecule has 0 spiro atoms. The molecule has 1 aromatic carbocycles. The number of benzene rings is 1. The van der Waals surface area contributed by atoms with E-state index in [1.807, 2.05) is 13.0 Å². The lowest BCUT2D eigenvalue weighted by molar-refractivity contribution is -0.117. The minimum absolute atomic E-state index is 0.00763. The highest BCUT2D eigenvalue weighted by Gasteiger charge is 2.33. The van der Waals surface area contributed by atoms with E-state index in [1.54, 1.807) is 49.2 Å². The van der Waals surface area contributed by atoms with E-state index in [0.717, 1.165) is 11.3 Å². The molecule has 1 aliphatic rings. The molecule has 1 aliphatic heterocycles. The first-order valence-corrected chi connectivity index (χ1v) is 9.27. The lowest BCUT2D eigenvalue weighted by Crippen LogP contribution is -2.43. The molecule has 142 valence electrons. The highest BCUT2D eigenvalue weighted by Crippen LogP contribution is 2.39. The van der Waals surface area contributed by atoms with E-state index in [9.17, 15) is 9.59 Å². The Bertz CT molecular complexity index is 854. The van der Waals surface area contributed by atoms with Crippen LogP contribution in [0.15, 0.2) is 36.5 Å². The highest BCUT2D eigenvalue weighted by molar-refractivity contribution is 6.30. The van der Waals surface area contributed by atoms with Crippen LogP contribution in [-0.4, -0.2) is 29.5 Å². The van der Waals surface area contributed by atoms with Crippen LogP contribution in [0.1, 0.15) is 49.2 Å². The molecule has 2 aromatic rings. The number of anilines is 2. The van der Waals surface area contributed by atoms with Gasteiger partial charge in [-0.05, 0) is 56.2 Å². The van der Waals surface area contributed by atoms with Gasteiger partial charge in [0.25, 0.3) is 0 Å². The fourth-order valence-electron chi connectivity index (χ4n) is 3.46. The van der Waals surface area contributed by atoms with Crippen molar-refractivity contribution >= 4 is 35.0 Å². The van der Waals surface area contributed by atoms with Crippen LogP contribution < -0.4 is 10.2 Å². The third-order valence-corrected chi connectivity index (χ3v) is 4.80. The number of fused-ring (bicyclic) bond motifs is 1. The number of hydrogen-bond donors (Lipinski definition) is 1. The minimum Gasteiger partial charge on any atom is -0.462 e. The molecule has 0 fully saturated rings. The predicted octanol–water partition coefficient (Wildman–Crippen LogP) is 4.21. The molecule has 1 aromatic heterocycles. The van der Waals surface area contributed by atoms with E-state index in [2.05, 4.69) is 10.3 Å². The molecular formula is C20H22ClN3O3. The van der Waals surface area contributed by atoms with Crippen molar-refractivity contribution < 1.29 is 14.3 Å². The number of rotatable bonds is 4. The van der Waals surface area contributed by atoms with Gasteiger partial charge in [0, 0.05) is 24.8 Å². The van der Waals surface area contributed by atoms with Crippen molar-refractivity contribution in [1.29, 1.82) is 0 Å². The van der Waals surface area contributed by atoms with Crippen LogP contribution >= 0.6 is 11.6 Å². The number of carbonyl (C=O) groups excluding carboxylic acids is 2. The summed E-state index contributed by atoms with van der Waals surface area (Å²) in [6, 6.07) is 8.77. The molecule has 0 saturated heterocycles. The van der Waals surface area contributed by atoms with E-state index < -0.39 is 0 Å². The van der Waals surface area contributed by atoms with Gasteiger partial charge in [0.05, 0.1) is 23.2 Å². The summed E-state index contributed by atoms with van der Waals surface area (Å²) in [5.74, 6) is 0.271. The number of nitrogens with one attached hydrogen (secondary N) is 1. The number of halogens is 1. The topological polar surface area (TPSA) is 71.5 Å². The van der Waals surface area contributed by atoms with Crippen LogP contribution in [-0.2, 0) is 9.53 Å². The second-order valence-corrected chi connectivity index (χ2v) is 6.96. The van der Waals surface area contributed by atoms with Gasteiger partial charge < -0.3 is 15.0 Å². The summed E-state index contributed by atoms with van der Waals surface area (Å²) in [6.07, 6.45) is 2.26. The van der Waals surface area contributed by atoms with Crippen LogP contribution in [0.4, 0.5) is 11.5 Å². The molecule has 2 heterocycles. The van der Waals surface area contributed by atoms with Gasteiger partial charge in [0.1, 0.15) is 5.82 Å². The van der Waals surface area contributed by atoms with Crippen molar-refractivity contribution in [2.24, 2.45) is 0 Å². The zero-order chi connectivity index (χ0) is 19.6. The minimum atomic E-state index is -0.378.